The molecule has 4 aromatic heterocycles. The first-order valence-corrected chi connectivity index (χ1v) is 19.6. The SMILES string of the molecule is CNC(=O)c1ccccc1Sc1ccc2c(C(Cc3ccccn3)n3nc(/C=C\c4ccccn4)c4ccc(Sc5ccccc5C(=O)NC)cc43)[nH]nc2c1. The van der Waals surface area contributed by atoms with Crippen LogP contribution in [-0.4, -0.2) is 55.9 Å². The zero-order chi connectivity index (χ0) is 38.4. The molecule has 0 saturated heterocycles. The van der Waals surface area contributed by atoms with Crippen LogP contribution in [0.5, 0.6) is 0 Å². The molecule has 56 heavy (non-hydrogen) atoms. The van der Waals surface area contributed by atoms with Gasteiger partial charge in [-0.05, 0) is 97.1 Å². The molecular weight excluding hydrogens is 737 g/mol. The summed E-state index contributed by atoms with van der Waals surface area (Å²) in [6.45, 7) is 0. The van der Waals surface area contributed by atoms with Crippen molar-refractivity contribution in [3.05, 3.63) is 168 Å². The quantitative estimate of drug-likeness (QED) is 0.112. The van der Waals surface area contributed by atoms with E-state index in [9.17, 15) is 9.59 Å². The molecular formula is C44H36N8O2S2. The Morgan fingerprint density at radius 3 is 1.98 bits per heavy atom. The molecule has 0 aliphatic carbocycles. The fraction of sp³-hybridized carbons (Fsp3) is 0.0909. The minimum atomic E-state index is -0.333. The van der Waals surface area contributed by atoms with E-state index in [0.717, 1.165) is 64.2 Å². The third-order valence-corrected chi connectivity index (χ3v) is 11.4. The number of hydrogen-bond acceptors (Lipinski definition) is 8. The Kier molecular flexibility index (Phi) is 10.7. The fourth-order valence-electron chi connectivity index (χ4n) is 6.57. The van der Waals surface area contributed by atoms with Gasteiger partial charge in [-0.3, -0.25) is 29.3 Å². The van der Waals surface area contributed by atoms with E-state index in [4.69, 9.17) is 15.2 Å². The number of benzene rings is 4. The van der Waals surface area contributed by atoms with Gasteiger partial charge in [-0.25, -0.2) is 0 Å². The van der Waals surface area contributed by atoms with Crippen LogP contribution in [0.3, 0.4) is 0 Å². The minimum absolute atomic E-state index is 0.133. The van der Waals surface area contributed by atoms with Crippen LogP contribution in [0, 0.1) is 0 Å². The standard InChI is InChI=1S/C44H36N8O2S2/c1-45-43(53)34-13-3-5-15-40(34)55-30-19-21-33-37(26-30)49-50-42(33)39(25-29-12-8-10-24-48-29)52-38-27-31(56-41-16-6-4-14-35(41)44(54)46-2)18-20-32(38)36(51-52)22-17-28-11-7-9-23-47-28/h3-24,26-27,39H,25H2,1-2H3,(H,45,53)(H,46,54)(H,49,50)/b22-17-. The summed E-state index contributed by atoms with van der Waals surface area (Å²) in [6.07, 6.45) is 8.07. The summed E-state index contributed by atoms with van der Waals surface area (Å²) in [5, 5.41) is 20.9. The number of nitrogens with one attached hydrogen (secondary N) is 3. The Bertz CT molecular complexity index is 2710. The number of amides is 2. The highest BCUT2D eigenvalue weighted by Crippen LogP contribution is 2.38. The molecule has 0 bridgehead atoms. The lowest BCUT2D eigenvalue weighted by Gasteiger charge is -2.18. The van der Waals surface area contributed by atoms with Crippen molar-refractivity contribution in [3.8, 4) is 0 Å². The predicted octanol–water partition coefficient (Wildman–Crippen LogP) is 8.73. The second-order valence-electron chi connectivity index (χ2n) is 12.8. The Hall–Kier alpha value is -6.50. The second-order valence-corrected chi connectivity index (χ2v) is 15.0. The molecule has 0 radical (unpaired) electrons. The topological polar surface area (TPSA) is 130 Å². The van der Waals surface area contributed by atoms with Crippen molar-refractivity contribution in [3.63, 3.8) is 0 Å². The monoisotopic (exact) mass is 772 g/mol. The summed E-state index contributed by atoms with van der Waals surface area (Å²) in [5.74, 6) is -0.272. The predicted molar refractivity (Wildman–Crippen MR) is 223 cm³/mol. The number of pyridine rings is 2. The maximum atomic E-state index is 12.8. The van der Waals surface area contributed by atoms with Crippen LogP contribution < -0.4 is 10.6 Å². The van der Waals surface area contributed by atoms with Crippen molar-refractivity contribution in [2.45, 2.75) is 32.0 Å². The highest BCUT2D eigenvalue weighted by Gasteiger charge is 2.25. The van der Waals surface area contributed by atoms with Gasteiger partial charge >= 0.3 is 0 Å². The van der Waals surface area contributed by atoms with E-state index in [1.807, 2.05) is 103 Å². The molecule has 3 N–H and O–H groups in total. The maximum absolute atomic E-state index is 12.8. The lowest BCUT2D eigenvalue weighted by molar-refractivity contribution is 0.0952. The number of carbonyl (C=O) groups is 2. The molecule has 12 heteroatoms. The number of hydrogen-bond donors (Lipinski definition) is 3. The highest BCUT2D eigenvalue weighted by atomic mass is 32.2. The lowest BCUT2D eigenvalue weighted by atomic mass is 10.0. The molecule has 4 heterocycles. The Morgan fingerprint density at radius 2 is 1.34 bits per heavy atom. The van der Waals surface area contributed by atoms with Crippen molar-refractivity contribution in [2.24, 2.45) is 0 Å². The van der Waals surface area contributed by atoms with E-state index in [0.29, 0.717) is 17.5 Å². The van der Waals surface area contributed by atoms with Crippen LogP contribution in [0.25, 0.3) is 34.0 Å². The van der Waals surface area contributed by atoms with Gasteiger partial charge in [-0.15, -0.1) is 0 Å². The number of nitrogens with zero attached hydrogens (tertiary/aromatic N) is 5. The van der Waals surface area contributed by atoms with E-state index < -0.39 is 0 Å². The average Bonchev–Trinajstić information content (AvgIpc) is 3.83. The number of carbonyl (C=O) groups excluding carboxylic acids is 2. The number of rotatable bonds is 12. The molecule has 2 amide bonds. The summed E-state index contributed by atoms with van der Waals surface area (Å²) >= 11 is 3.06. The number of aromatic nitrogens is 6. The number of H-pyrrole nitrogens is 1. The van der Waals surface area contributed by atoms with Gasteiger partial charge in [0.05, 0.1) is 39.2 Å². The van der Waals surface area contributed by atoms with Crippen molar-refractivity contribution >= 4 is 69.3 Å². The van der Waals surface area contributed by atoms with Gasteiger partial charge in [0, 0.05) is 69.0 Å². The van der Waals surface area contributed by atoms with E-state index >= 15 is 0 Å². The van der Waals surface area contributed by atoms with Crippen LogP contribution in [0.1, 0.15) is 49.5 Å². The van der Waals surface area contributed by atoms with Crippen molar-refractivity contribution in [1.29, 1.82) is 0 Å². The van der Waals surface area contributed by atoms with Gasteiger partial charge in [0.15, 0.2) is 0 Å². The van der Waals surface area contributed by atoms with E-state index in [1.54, 1.807) is 26.5 Å². The van der Waals surface area contributed by atoms with E-state index in [-0.39, 0.29) is 17.9 Å². The van der Waals surface area contributed by atoms with Gasteiger partial charge < -0.3 is 10.6 Å². The van der Waals surface area contributed by atoms with Gasteiger partial charge in [-0.2, -0.15) is 10.2 Å². The first-order valence-electron chi connectivity index (χ1n) is 18.0. The smallest absolute Gasteiger partial charge is 0.252 e. The largest absolute Gasteiger partial charge is 0.355 e. The number of aromatic amines is 1. The molecule has 1 atom stereocenters. The fourth-order valence-corrected chi connectivity index (χ4v) is 8.53. The molecule has 0 fully saturated rings. The lowest BCUT2D eigenvalue weighted by Crippen LogP contribution is -2.18. The van der Waals surface area contributed by atoms with Gasteiger partial charge in [0.1, 0.15) is 6.04 Å². The Labute approximate surface area is 331 Å². The van der Waals surface area contributed by atoms with E-state index in [2.05, 4.69) is 55.7 Å². The molecule has 4 aromatic carbocycles. The van der Waals surface area contributed by atoms with Crippen LogP contribution in [-0.2, 0) is 6.42 Å². The average molecular weight is 773 g/mol. The zero-order valence-electron chi connectivity index (χ0n) is 30.5. The zero-order valence-corrected chi connectivity index (χ0v) is 32.1. The van der Waals surface area contributed by atoms with Gasteiger partial charge in [-0.1, -0.05) is 59.9 Å². The molecule has 0 saturated carbocycles. The van der Waals surface area contributed by atoms with Gasteiger partial charge in [0.25, 0.3) is 11.8 Å². The molecule has 276 valence electrons. The Morgan fingerprint density at radius 1 is 0.714 bits per heavy atom. The molecule has 0 spiro atoms. The number of fused-ring (bicyclic) bond motifs is 2. The maximum Gasteiger partial charge on any atom is 0.252 e. The molecule has 0 aliphatic heterocycles. The summed E-state index contributed by atoms with van der Waals surface area (Å²) in [6, 6.07) is 39.1. The van der Waals surface area contributed by atoms with Crippen LogP contribution in [0.4, 0.5) is 0 Å². The summed E-state index contributed by atoms with van der Waals surface area (Å²) in [5.41, 5.74) is 6.33. The van der Waals surface area contributed by atoms with Gasteiger partial charge in [0.2, 0.25) is 0 Å². The van der Waals surface area contributed by atoms with Crippen LogP contribution in [0.15, 0.2) is 153 Å². The molecule has 8 aromatic rings. The highest BCUT2D eigenvalue weighted by molar-refractivity contribution is 7.99. The minimum Gasteiger partial charge on any atom is -0.355 e. The third kappa shape index (κ3) is 7.70. The van der Waals surface area contributed by atoms with Crippen LogP contribution >= 0.6 is 23.5 Å². The summed E-state index contributed by atoms with van der Waals surface area (Å²) < 4.78 is 2.06. The normalized spacial score (nSPS) is 12.0. The molecule has 10 nitrogen and oxygen atoms in total. The second kappa shape index (κ2) is 16.5. The molecule has 0 aliphatic rings. The first-order chi connectivity index (χ1) is 27.5. The van der Waals surface area contributed by atoms with Crippen molar-refractivity contribution in [1.82, 2.24) is 40.6 Å². The summed E-state index contributed by atoms with van der Waals surface area (Å²) in [4.78, 5) is 38.2. The van der Waals surface area contributed by atoms with E-state index in [1.165, 1.54) is 23.5 Å². The molecule has 1 unspecified atom stereocenters. The van der Waals surface area contributed by atoms with Crippen LogP contribution in [0.2, 0.25) is 0 Å². The van der Waals surface area contributed by atoms with Crippen molar-refractivity contribution in [2.75, 3.05) is 14.1 Å². The Balaban J connectivity index is 1.25. The summed E-state index contributed by atoms with van der Waals surface area (Å²) in [7, 11) is 3.28. The van der Waals surface area contributed by atoms with Crippen molar-refractivity contribution < 1.29 is 9.59 Å². The first kappa shape index (κ1) is 36.5. The third-order valence-electron chi connectivity index (χ3n) is 9.29. The molecule has 8 rings (SSSR count).